The van der Waals surface area contributed by atoms with Gasteiger partial charge in [0.15, 0.2) is 0 Å². The van der Waals surface area contributed by atoms with Gasteiger partial charge < -0.3 is 5.73 Å². The number of nitrogens with zero attached hydrogens (tertiary/aromatic N) is 2. The molecule has 1 unspecified atom stereocenters. The molecule has 0 radical (unpaired) electrons. The number of fused-ring (bicyclic) bond motifs is 1. The topological polar surface area (TPSA) is 72.9 Å². The van der Waals surface area contributed by atoms with E-state index < -0.39 is 11.9 Å². The molecule has 1 aromatic heterocycles. The minimum absolute atomic E-state index is 0.402. The first-order valence-corrected chi connectivity index (χ1v) is 7.34. The second-order valence-electron chi connectivity index (χ2n) is 5.21. The molecule has 0 saturated carbocycles. The number of benzene rings is 1. The van der Waals surface area contributed by atoms with Gasteiger partial charge in [-0.15, -0.1) is 0 Å². The van der Waals surface area contributed by atoms with Gasteiger partial charge in [-0.25, -0.2) is 0 Å². The van der Waals surface area contributed by atoms with Crippen LogP contribution < -0.4 is 11.1 Å². The van der Waals surface area contributed by atoms with Gasteiger partial charge in [0.25, 0.3) is 0 Å². The Labute approximate surface area is 128 Å². The summed E-state index contributed by atoms with van der Waals surface area (Å²) in [6, 6.07) is 6.61. The van der Waals surface area contributed by atoms with Gasteiger partial charge in [-0.2, -0.15) is 5.10 Å². The van der Waals surface area contributed by atoms with Crippen LogP contribution in [0.4, 0.5) is 0 Å². The Morgan fingerprint density at radius 3 is 2.90 bits per heavy atom. The summed E-state index contributed by atoms with van der Waals surface area (Å²) in [4.78, 5) is 11.7. The van der Waals surface area contributed by atoms with Crippen molar-refractivity contribution in [1.29, 1.82) is 0 Å². The number of aryl methyl sites for hydroxylation is 1. The largest absolute Gasteiger partial charge is 0.368 e. The van der Waals surface area contributed by atoms with Crippen LogP contribution in [-0.2, 0) is 24.3 Å². The lowest BCUT2D eigenvalue weighted by molar-refractivity contribution is -0.120. The van der Waals surface area contributed by atoms with Gasteiger partial charge in [0, 0.05) is 29.4 Å². The predicted molar refractivity (Wildman–Crippen MR) is 80.8 cm³/mol. The number of halogens is 1. The lowest BCUT2D eigenvalue weighted by Crippen LogP contribution is -2.33. The first kappa shape index (κ1) is 14.1. The monoisotopic (exact) mass is 304 g/mol. The summed E-state index contributed by atoms with van der Waals surface area (Å²) in [5.74, 6) is -0.402. The normalized spacial score (nSPS) is 14.9. The molecule has 5 nitrogen and oxygen atoms in total. The average molecular weight is 305 g/mol. The van der Waals surface area contributed by atoms with Crippen LogP contribution in [0.2, 0.25) is 5.02 Å². The molecule has 0 saturated heterocycles. The molecular weight excluding hydrogens is 288 g/mol. The molecular formula is C15H17ClN4O. The molecule has 0 fully saturated rings. The van der Waals surface area contributed by atoms with E-state index in [0.29, 0.717) is 11.6 Å². The maximum atomic E-state index is 11.7. The van der Waals surface area contributed by atoms with E-state index in [4.69, 9.17) is 17.3 Å². The van der Waals surface area contributed by atoms with E-state index >= 15 is 0 Å². The van der Waals surface area contributed by atoms with Crippen LogP contribution in [0.1, 0.15) is 29.3 Å². The van der Waals surface area contributed by atoms with Crippen LogP contribution in [0.15, 0.2) is 30.5 Å². The zero-order valence-electron chi connectivity index (χ0n) is 11.6. The summed E-state index contributed by atoms with van der Waals surface area (Å²) in [7, 11) is 0. The van der Waals surface area contributed by atoms with Gasteiger partial charge in [-0.1, -0.05) is 23.7 Å². The number of amides is 1. The summed E-state index contributed by atoms with van der Waals surface area (Å²) < 4.78 is 2.03. The predicted octanol–water partition coefficient (Wildman–Crippen LogP) is 1.80. The third-order valence-electron chi connectivity index (χ3n) is 3.80. The zero-order valence-corrected chi connectivity index (χ0v) is 12.3. The van der Waals surface area contributed by atoms with Gasteiger partial charge in [0.05, 0.1) is 6.20 Å². The second kappa shape index (κ2) is 5.87. The van der Waals surface area contributed by atoms with Crippen LogP contribution in [0.25, 0.3) is 0 Å². The number of primary amides is 1. The number of aromatic nitrogens is 2. The Bertz CT molecular complexity index is 650. The Hall–Kier alpha value is -1.85. The fourth-order valence-electron chi connectivity index (χ4n) is 2.73. The number of nitrogens with one attached hydrogen (secondary N) is 1. The summed E-state index contributed by atoms with van der Waals surface area (Å²) in [6.07, 6.45) is 4.03. The summed E-state index contributed by atoms with van der Waals surface area (Å²) in [6.45, 7) is 1.55. The first-order valence-electron chi connectivity index (χ1n) is 6.97. The van der Waals surface area contributed by atoms with Gasteiger partial charge >= 0.3 is 0 Å². The quantitative estimate of drug-likeness (QED) is 0.884. The summed E-state index contributed by atoms with van der Waals surface area (Å²) in [5, 5.41) is 8.20. The number of hydrogen-bond acceptors (Lipinski definition) is 3. The SMILES string of the molecule is NC(=O)C(NCc1cnn2c1CCC2)c1ccc(Cl)cc1. The van der Waals surface area contributed by atoms with E-state index in [1.54, 1.807) is 12.1 Å². The Morgan fingerprint density at radius 2 is 2.19 bits per heavy atom. The van der Waals surface area contributed by atoms with Crippen molar-refractivity contribution >= 4 is 17.5 Å². The van der Waals surface area contributed by atoms with Gasteiger partial charge in [0.1, 0.15) is 6.04 Å². The van der Waals surface area contributed by atoms with Gasteiger partial charge in [0.2, 0.25) is 5.91 Å². The molecule has 0 spiro atoms. The third-order valence-corrected chi connectivity index (χ3v) is 4.06. The Balaban J connectivity index is 1.73. The van der Waals surface area contributed by atoms with Crippen molar-refractivity contribution < 1.29 is 4.79 Å². The third kappa shape index (κ3) is 2.94. The van der Waals surface area contributed by atoms with Crippen LogP contribution in [-0.4, -0.2) is 15.7 Å². The molecule has 0 bridgehead atoms. The van der Waals surface area contributed by atoms with Crippen molar-refractivity contribution in [3.63, 3.8) is 0 Å². The fraction of sp³-hybridized carbons (Fsp3) is 0.333. The minimum atomic E-state index is -0.529. The molecule has 110 valence electrons. The van der Waals surface area contributed by atoms with E-state index in [0.717, 1.165) is 30.5 Å². The highest BCUT2D eigenvalue weighted by atomic mass is 35.5. The number of rotatable bonds is 5. The van der Waals surface area contributed by atoms with E-state index in [1.807, 2.05) is 23.0 Å². The lowest BCUT2D eigenvalue weighted by Gasteiger charge is -2.16. The van der Waals surface area contributed by atoms with Gasteiger partial charge in [-0.3, -0.25) is 14.8 Å². The van der Waals surface area contributed by atoms with Crippen molar-refractivity contribution in [2.24, 2.45) is 5.73 Å². The standard InChI is InChI=1S/C15H17ClN4O/c16-12-5-3-10(4-6-12)14(15(17)21)18-8-11-9-19-20-7-1-2-13(11)20/h3-6,9,14,18H,1-2,7-8H2,(H2,17,21). The lowest BCUT2D eigenvalue weighted by atomic mass is 10.1. The molecule has 1 amide bonds. The van der Waals surface area contributed by atoms with Crippen molar-refractivity contribution in [3.8, 4) is 0 Å². The minimum Gasteiger partial charge on any atom is -0.368 e. The van der Waals surface area contributed by atoms with Crippen LogP contribution in [0, 0.1) is 0 Å². The summed E-state index contributed by atoms with van der Waals surface area (Å²) >= 11 is 5.87. The van der Waals surface area contributed by atoms with Crippen LogP contribution in [0.5, 0.6) is 0 Å². The zero-order chi connectivity index (χ0) is 14.8. The molecule has 1 aliphatic heterocycles. The smallest absolute Gasteiger partial charge is 0.239 e. The molecule has 2 heterocycles. The number of carbonyl (C=O) groups is 1. The highest BCUT2D eigenvalue weighted by Gasteiger charge is 2.20. The molecule has 3 rings (SSSR count). The van der Waals surface area contributed by atoms with Crippen molar-refractivity contribution in [2.75, 3.05) is 0 Å². The maximum absolute atomic E-state index is 11.7. The first-order chi connectivity index (χ1) is 10.1. The average Bonchev–Trinajstić information content (AvgIpc) is 3.05. The van der Waals surface area contributed by atoms with Gasteiger partial charge in [-0.05, 0) is 30.5 Å². The molecule has 1 aromatic carbocycles. The van der Waals surface area contributed by atoms with E-state index in [-0.39, 0.29) is 0 Å². The molecule has 21 heavy (non-hydrogen) atoms. The number of hydrogen-bond donors (Lipinski definition) is 2. The molecule has 6 heteroatoms. The van der Waals surface area contributed by atoms with E-state index in [9.17, 15) is 4.79 Å². The van der Waals surface area contributed by atoms with Crippen molar-refractivity contribution in [1.82, 2.24) is 15.1 Å². The number of nitrogens with two attached hydrogens (primary N) is 1. The highest BCUT2D eigenvalue weighted by Crippen LogP contribution is 2.20. The summed E-state index contributed by atoms with van der Waals surface area (Å²) in [5.41, 5.74) is 8.70. The molecule has 1 aliphatic rings. The Morgan fingerprint density at radius 1 is 1.43 bits per heavy atom. The van der Waals surface area contributed by atoms with E-state index in [1.165, 1.54) is 5.69 Å². The number of carbonyl (C=O) groups excluding carboxylic acids is 1. The van der Waals surface area contributed by atoms with Crippen molar-refractivity contribution in [2.45, 2.75) is 32.0 Å². The molecule has 1 atom stereocenters. The highest BCUT2D eigenvalue weighted by molar-refractivity contribution is 6.30. The molecule has 0 aliphatic carbocycles. The van der Waals surface area contributed by atoms with Crippen LogP contribution >= 0.6 is 11.6 Å². The molecule has 3 N–H and O–H groups in total. The van der Waals surface area contributed by atoms with E-state index in [2.05, 4.69) is 10.4 Å². The maximum Gasteiger partial charge on any atom is 0.239 e. The molecule has 2 aromatic rings. The Kier molecular flexibility index (Phi) is 3.94. The van der Waals surface area contributed by atoms with Crippen molar-refractivity contribution in [3.05, 3.63) is 52.3 Å². The fourth-order valence-corrected chi connectivity index (χ4v) is 2.85. The van der Waals surface area contributed by atoms with Crippen LogP contribution in [0.3, 0.4) is 0 Å². The second-order valence-corrected chi connectivity index (χ2v) is 5.65.